The summed E-state index contributed by atoms with van der Waals surface area (Å²) in [7, 11) is -3.57. The third-order valence-electron chi connectivity index (χ3n) is 3.46. The first-order chi connectivity index (χ1) is 10.3. The molecule has 2 atom stereocenters. The van der Waals surface area contributed by atoms with E-state index in [1.807, 2.05) is 18.2 Å². The van der Waals surface area contributed by atoms with Gasteiger partial charge in [-0.1, -0.05) is 18.2 Å². The highest BCUT2D eigenvalue weighted by molar-refractivity contribution is 7.86. The Kier molecular flexibility index (Phi) is 7.47. The van der Waals surface area contributed by atoms with Crippen molar-refractivity contribution >= 4 is 22.4 Å². The summed E-state index contributed by atoms with van der Waals surface area (Å²) < 4.78 is 27.7. The lowest BCUT2D eigenvalue weighted by molar-refractivity contribution is -0.137. The van der Waals surface area contributed by atoms with E-state index in [2.05, 4.69) is 0 Å². The predicted molar refractivity (Wildman–Crippen MR) is 81.8 cm³/mol. The minimum atomic E-state index is -3.57. The molecule has 0 saturated carbocycles. The molecule has 0 radical (unpaired) electrons. The zero-order chi connectivity index (χ0) is 16.6. The minimum Gasteiger partial charge on any atom is -0.481 e. The molecule has 6 nitrogen and oxygen atoms in total. The third-order valence-corrected chi connectivity index (χ3v) is 4.06. The van der Waals surface area contributed by atoms with Crippen molar-refractivity contribution in [3.8, 4) is 0 Å². The van der Waals surface area contributed by atoms with Crippen molar-refractivity contribution in [1.82, 2.24) is 0 Å². The van der Waals surface area contributed by atoms with Crippen LogP contribution < -0.4 is 0 Å². The van der Waals surface area contributed by atoms with Crippen molar-refractivity contribution < 1.29 is 27.3 Å². The Morgan fingerprint density at radius 3 is 2.77 bits per heavy atom. The summed E-state index contributed by atoms with van der Waals surface area (Å²) >= 11 is 0. The third kappa shape index (κ3) is 7.00. The second kappa shape index (κ2) is 8.85. The fraction of sp³-hybridized carbons (Fsp3) is 0.600. The fourth-order valence-corrected chi connectivity index (χ4v) is 3.16. The van der Waals surface area contributed by atoms with E-state index in [1.54, 1.807) is 0 Å². The number of hydrogen-bond donors (Lipinski definition) is 1. The molecule has 1 aliphatic carbocycles. The lowest BCUT2D eigenvalue weighted by atomic mass is 9.83. The molecule has 7 heteroatoms. The molecule has 0 amide bonds. The van der Waals surface area contributed by atoms with Gasteiger partial charge in [-0.15, -0.1) is 0 Å². The van der Waals surface area contributed by atoms with Crippen LogP contribution in [0.5, 0.6) is 0 Å². The van der Waals surface area contributed by atoms with Gasteiger partial charge in [-0.25, -0.2) is 0 Å². The zero-order valence-corrected chi connectivity index (χ0v) is 13.4. The van der Waals surface area contributed by atoms with E-state index in [4.69, 9.17) is 9.29 Å². The van der Waals surface area contributed by atoms with Gasteiger partial charge in [-0.2, -0.15) is 8.42 Å². The molecular formula is C15H22O6S. The Hall–Kier alpha value is -1.47. The smallest absolute Gasteiger partial charge is 0.303 e. The Balaban J connectivity index is 2.61. The normalized spacial score (nSPS) is 22.5. The molecule has 1 rings (SSSR count). The summed E-state index contributed by atoms with van der Waals surface area (Å²) in [4.78, 5) is 21.5. The molecule has 0 spiro atoms. The maximum atomic E-state index is 11.3. The van der Waals surface area contributed by atoms with Gasteiger partial charge < -0.3 is 5.11 Å². The lowest BCUT2D eigenvalue weighted by Crippen LogP contribution is -2.30. The summed E-state index contributed by atoms with van der Waals surface area (Å²) in [6.07, 6.45) is 9.74. The molecule has 0 unspecified atom stereocenters. The van der Waals surface area contributed by atoms with Crippen LogP contribution in [0.15, 0.2) is 23.8 Å². The van der Waals surface area contributed by atoms with Gasteiger partial charge in [0.2, 0.25) is 0 Å². The number of allylic oxidation sites excluding steroid dienone is 3. The Morgan fingerprint density at radius 2 is 2.18 bits per heavy atom. The first-order valence-electron chi connectivity index (χ1n) is 7.23. The molecule has 0 bridgehead atoms. The van der Waals surface area contributed by atoms with Gasteiger partial charge in [-0.05, 0) is 37.7 Å². The lowest BCUT2D eigenvalue weighted by Gasteiger charge is -2.28. The van der Waals surface area contributed by atoms with Gasteiger partial charge >= 0.3 is 5.97 Å². The Bertz CT molecular complexity index is 546. The van der Waals surface area contributed by atoms with E-state index in [0.717, 1.165) is 12.5 Å². The van der Waals surface area contributed by atoms with Crippen molar-refractivity contribution in [1.29, 1.82) is 0 Å². The second-order valence-corrected chi connectivity index (χ2v) is 6.94. The summed E-state index contributed by atoms with van der Waals surface area (Å²) in [5.74, 6) is -1.11. The number of aliphatic carboxylic acids is 1. The van der Waals surface area contributed by atoms with E-state index >= 15 is 0 Å². The number of carboxylic acid groups (broad SMARTS) is 1. The second-order valence-electron chi connectivity index (χ2n) is 5.34. The zero-order valence-electron chi connectivity index (χ0n) is 12.6. The van der Waals surface area contributed by atoms with E-state index in [-0.39, 0.29) is 12.3 Å². The fourth-order valence-electron chi connectivity index (χ4n) is 2.48. The quantitative estimate of drug-likeness (QED) is 0.301. The minimum absolute atomic E-state index is 0.118. The number of carboxylic acids is 1. The average molecular weight is 330 g/mol. The van der Waals surface area contributed by atoms with Crippen LogP contribution in [0.1, 0.15) is 38.5 Å². The largest absolute Gasteiger partial charge is 0.481 e. The van der Waals surface area contributed by atoms with Crippen LogP contribution in [-0.2, 0) is 23.9 Å². The molecule has 22 heavy (non-hydrogen) atoms. The number of hydrogen-bond acceptors (Lipinski definition) is 5. The van der Waals surface area contributed by atoms with Crippen molar-refractivity contribution in [3.63, 3.8) is 0 Å². The molecule has 124 valence electrons. The van der Waals surface area contributed by atoms with E-state index in [1.165, 1.54) is 0 Å². The average Bonchev–Trinajstić information content (AvgIpc) is 2.41. The van der Waals surface area contributed by atoms with Gasteiger partial charge in [0.15, 0.2) is 0 Å². The monoisotopic (exact) mass is 330 g/mol. The summed E-state index contributed by atoms with van der Waals surface area (Å²) in [5, 5.41) is 8.54. The SMILES string of the molecule is CS(=O)(=O)O[C@H]1CCC=C(C=O)[C@H]1C/C=C\CCCC(=O)O. The van der Waals surface area contributed by atoms with Crippen LogP contribution >= 0.6 is 0 Å². The molecular weight excluding hydrogens is 308 g/mol. The Morgan fingerprint density at radius 1 is 1.45 bits per heavy atom. The van der Waals surface area contributed by atoms with Crippen LogP contribution in [0.3, 0.4) is 0 Å². The van der Waals surface area contributed by atoms with E-state index in [9.17, 15) is 18.0 Å². The van der Waals surface area contributed by atoms with Crippen molar-refractivity contribution in [2.75, 3.05) is 6.26 Å². The summed E-state index contributed by atoms with van der Waals surface area (Å²) in [6, 6.07) is 0. The van der Waals surface area contributed by atoms with E-state index < -0.39 is 22.2 Å². The predicted octanol–water partition coefficient (Wildman–Crippen LogP) is 2.07. The van der Waals surface area contributed by atoms with Crippen LogP contribution in [0.4, 0.5) is 0 Å². The number of carbonyl (C=O) groups excluding carboxylic acids is 1. The van der Waals surface area contributed by atoms with Crippen molar-refractivity contribution in [2.45, 2.75) is 44.6 Å². The number of aldehydes is 1. The molecule has 0 heterocycles. The van der Waals surface area contributed by atoms with Gasteiger partial charge in [0, 0.05) is 12.3 Å². The first kappa shape index (κ1) is 18.6. The molecule has 0 aliphatic heterocycles. The van der Waals surface area contributed by atoms with Crippen molar-refractivity contribution in [3.05, 3.63) is 23.8 Å². The highest BCUT2D eigenvalue weighted by Gasteiger charge is 2.30. The number of rotatable bonds is 9. The maximum absolute atomic E-state index is 11.3. The van der Waals surface area contributed by atoms with Gasteiger partial charge in [0.1, 0.15) is 6.29 Å². The topological polar surface area (TPSA) is 97.7 Å². The Labute approximate surface area is 131 Å². The summed E-state index contributed by atoms with van der Waals surface area (Å²) in [6.45, 7) is 0. The molecule has 0 aromatic carbocycles. The molecule has 1 aliphatic rings. The molecule has 1 N–H and O–H groups in total. The number of unbranched alkanes of at least 4 members (excludes halogenated alkanes) is 1. The van der Waals surface area contributed by atoms with Crippen molar-refractivity contribution in [2.24, 2.45) is 5.92 Å². The molecule has 0 saturated heterocycles. The maximum Gasteiger partial charge on any atom is 0.303 e. The summed E-state index contributed by atoms with van der Waals surface area (Å²) in [5.41, 5.74) is 0.565. The van der Waals surface area contributed by atoms with Gasteiger partial charge in [0.25, 0.3) is 10.1 Å². The van der Waals surface area contributed by atoms with Crippen LogP contribution in [0.2, 0.25) is 0 Å². The molecule has 0 aromatic heterocycles. The molecule has 0 fully saturated rings. The number of carbonyl (C=O) groups is 2. The highest BCUT2D eigenvalue weighted by atomic mass is 32.2. The standard InChI is InChI=1S/C15H22O6S/c1-22(19,20)21-14-9-6-7-12(11-16)13(14)8-4-2-3-5-10-15(17)18/h2,4,7,11,13-14H,3,5-6,8-10H2,1H3,(H,17,18)/b4-2-/t13-,14+/m1/s1. The van der Waals surface area contributed by atoms with E-state index in [0.29, 0.717) is 37.7 Å². The van der Waals surface area contributed by atoms with Gasteiger partial charge in [0.05, 0.1) is 12.4 Å². The van der Waals surface area contributed by atoms with Crippen LogP contribution in [-0.4, -0.2) is 38.1 Å². The first-order valence-corrected chi connectivity index (χ1v) is 9.05. The molecule has 0 aromatic rings. The highest BCUT2D eigenvalue weighted by Crippen LogP contribution is 2.30. The van der Waals surface area contributed by atoms with Crippen LogP contribution in [0.25, 0.3) is 0 Å². The van der Waals surface area contributed by atoms with Crippen LogP contribution in [0, 0.1) is 5.92 Å². The van der Waals surface area contributed by atoms with Gasteiger partial charge in [-0.3, -0.25) is 13.8 Å².